The van der Waals surface area contributed by atoms with Crippen LogP contribution in [0.4, 0.5) is 45.5 Å². The Kier molecular flexibility index (Phi) is 10.9. The van der Waals surface area contributed by atoms with E-state index in [2.05, 4.69) is 251 Å². The summed E-state index contributed by atoms with van der Waals surface area (Å²) in [6.45, 7) is 13.3. The lowest BCUT2D eigenvalue weighted by molar-refractivity contribution is 0.569. The summed E-state index contributed by atoms with van der Waals surface area (Å²) in [5.41, 5.74) is 13.7. The number of hydrogen-bond acceptors (Lipinski definition) is 5. The first-order valence-corrected chi connectivity index (χ1v) is 20.3. The molecule has 0 saturated carbocycles. The highest BCUT2D eigenvalue weighted by atomic mass is 15.2. The quantitative estimate of drug-likeness (QED) is 0.150. The molecule has 0 unspecified atom stereocenters. The summed E-state index contributed by atoms with van der Waals surface area (Å²) in [6, 6.07) is 68.2. The van der Waals surface area contributed by atoms with Crippen molar-refractivity contribution >= 4 is 45.5 Å². The summed E-state index contributed by atoms with van der Waals surface area (Å²) < 4.78 is 0. The van der Waals surface area contributed by atoms with Crippen LogP contribution in [-0.4, -0.2) is 9.97 Å². The van der Waals surface area contributed by atoms with Gasteiger partial charge in [-0.15, -0.1) is 0 Å². The monoisotopic (exact) mass is 769 g/mol. The van der Waals surface area contributed by atoms with E-state index in [9.17, 15) is 0 Å². The number of hydrogen-bond donors (Lipinski definition) is 1. The first-order valence-electron chi connectivity index (χ1n) is 20.3. The first kappa shape index (κ1) is 38.9. The van der Waals surface area contributed by atoms with E-state index in [-0.39, 0.29) is 10.8 Å². The van der Waals surface area contributed by atoms with E-state index in [1.807, 2.05) is 0 Å². The Morgan fingerprint density at radius 1 is 0.356 bits per heavy atom. The maximum Gasteiger partial charge on any atom is 0.0726 e. The normalized spacial score (nSPS) is 11.6. The van der Waals surface area contributed by atoms with Gasteiger partial charge in [0.25, 0.3) is 0 Å². The first-order chi connectivity index (χ1) is 28.5. The van der Waals surface area contributed by atoms with Crippen molar-refractivity contribution in [1.82, 2.24) is 9.97 Å². The maximum absolute atomic E-state index is 5.28. The Hall–Kier alpha value is -6.98. The molecular weight excluding hydrogens is 719 g/mol. The van der Waals surface area contributed by atoms with Crippen LogP contribution in [0.3, 0.4) is 0 Å². The van der Waals surface area contributed by atoms with E-state index in [0.717, 1.165) is 79.4 Å². The molecule has 0 saturated heterocycles. The number of benzene rings is 6. The predicted molar refractivity (Wildman–Crippen MR) is 249 cm³/mol. The molecule has 292 valence electrons. The van der Waals surface area contributed by atoms with Crippen molar-refractivity contribution in [2.75, 3.05) is 15.1 Å². The molecule has 0 radical (unpaired) electrons. The summed E-state index contributed by atoms with van der Waals surface area (Å²) in [7, 11) is 0. The molecular formula is C54H51N5. The molecule has 0 aliphatic rings. The second-order valence-electron chi connectivity index (χ2n) is 16.9. The molecule has 0 bridgehead atoms. The van der Waals surface area contributed by atoms with Crippen LogP contribution in [0.5, 0.6) is 0 Å². The lowest BCUT2D eigenvalue weighted by Crippen LogP contribution is -2.14. The number of nitrogens with one attached hydrogen (secondary N) is 1. The SMILES string of the molecule is CC(C)(C)c1cccc(-c2cccc(-c3cccc(C(C)(C)C)n3)c2Nc2cc(N(c3ccccc3)c3ccccc3)cc(N(c3ccccc3)c3ccccc3)c2)n1. The Balaban J connectivity index is 1.40. The molecule has 0 aliphatic carbocycles. The molecule has 1 N–H and O–H groups in total. The van der Waals surface area contributed by atoms with E-state index >= 15 is 0 Å². The molecule has 0 amide bonds. The highest BCUT2D eigenvalue weighted by Gasteiger charge is 2.23. The van der Waals surface area contributed by atoms with E-state index in [4.69, 9.17) is 9.97 Å². The van der Waals surface area contributed by atoms with Crippen LogP contribution in [0.25, 0.3) is 22.5 Å². The molecule has 59 heavy (non-hydrogen) atoms. The summed E-state index contributed by atoms with van der Waals surface area (Å²) in [6.07, 6.45) is 0. The molecule has 0 aliphatic heterocycles. The fourth-order valence-corrected chi connectivity index (χ4v) is 7.39. The van der Waals surface area contributed by atoms with E-state index in [1.54, 1.807) is 0 Å². The van der Waals surface area contributed by atoms with Gasteiger partial charge >= 0.3 is 0 Å². The number of anilines is 8. The zero-order valence-electron chi connectivity index (χ0n) is 34.8. The third-order valence-electron chi connectivity index (χ3n) is 10.4. The number of pyridine rings is 2. The average molecular weight is 770 g/mol. The van der Waals surface area contributed by atoms with Crippen molar-refractivity contribution in [1.29, 1.82) is 0 Å². The van der Waals surface area contributed by atoms with Gasteiger partial charge in [-0.2, -0.15) is 0 Å². The van der Waals surface area contributed by atoms with E-state index < -0.39 is 0 Å². The second kappa shape index (κ2) is 16.5. The van der Waals surface area contributed by atoms with E-state index in [0.29, 0.717) is 0 Å². The van der Waals surface area contributed by atoms with Crippen molar-refractivity contribution in [2.24, 2.45) is 0 Å². The second-order valence-corrected chi connectivity index (χ2v) is 16.9. The Bertz CT molecular complexity index is 2390. The largest absolute Gasteiger partial charge is 0.354 e. The van der Waals surface area contributed by atoms with Crippen LogP contribution in [0.1, 0.15) is 52.9 Å². The lowest BCUT2D eigenvalue weighted by Gasteiger charge is -2.30. The van der Waals surface area contributed by atoms with Gasteiger partial charge in [-0.3, -0.25) is 9.97 Å². The number of rotatable bonds is 10. The van der Waals surface area contributed by atoms with Gasteiger partial charge in [0.05, 0.1) is 28.5 Å². The number of para-hydroxylation sites is 5. The minimum Gasteiger partial charge on any atom is -0.354 e. The van der Waals surface area contributed by atoms with Crippen molar-refractivity contribution in [3.8, 4) is 22.5 Å². The Morgan fingerprint density at radius 2 is 0.695 bits per heavy atom. The maximum atomic E-state index is 5.28. The molecule has 5 heteroatoms. The highest BCUT2D eigenvalue weighted by molar-refractivity contribution is 5.93. The van der Waals surface area contributed by atoms with Gasteiger partial charge in [0, 0.05) is 61.8 Å². The van der Waals surface area contributed by atoms with Crippen molar-refractivity contribution < 1.29 is 0 Å². The van der Waals surface area contributed by atoms with Crippen molar-refractivity contribution in [3.63, 3.8) is 0 Å². The molecule has 5 nitrogen and oxygen atoms in total. The fourth-order valence-electron chi connectivity index (χ4n) is 7.39. The molecule has 8 rings (SSSR count). The molecule has 2 heterocycles. The summed E-state index contributed by atoms with van der Waals surface area (Å²) in [4.78, 5) is 15.2. The molecule has 8 aromatic rings. The number of aromatic nitrogens is 2. The van der Waals surface area contributed by atoms with Crippen LogP contribution in [0.15, 0.2) is 194 Å². The summed E-state index contributed by atoms with van der Waals surface area (Å²) in [5, 5.41) is 4.02. The smallest absolute Gasteiger partial charge is 0.0726 e. The summed E-state index contributed by atoms with van der Waals surface area (Å²) >= 11 is 0. The zero-order valence-corrected chi connectivity index (χ0v) is 34.8. The molecule has 0 fully saturated rings. The van der Waals surface area contributed by atoms with Gasteiger partial charge in [0.2, 0.25) is 0 Å². The lowest BCUT2D eigenvalue weighted by atomic mass is 9.90. The van der Waals surface area contributed by atoms with Crippen LogP contribution < -0.4 is 15.1 Å². The van der Waals surface area contributed by atoms with Crippen molar-refractivity contribution in [3.05, 3.63) is 206 Å². The van der Waals surface area contributed by atoms with Crippen LogP contribution in [0, 0.1) is 0 Å². The standard InChI is InChI=1S/C54H51N5/c1-53(2,3)50-34-20-32-48(56-50)46-30-19-31-47(49-33-21-35-51(57-49)54(4,5)6)52(46)55-39-36-44(58(40-22-11-7-12-23-40)41-24-13-8-14-25-41)38-45(37-39)59(42-26-15-9-16-27-42)43-28-17-10-18-29-43/h7-38,55H,1-6H3. The van der Waals surface area contributed by atoms with Gasteiger partial charge in [-0.05, 0) is 91.0 Å². The predicted octanol–water partition coefficient (Wildman–Crippen LogP) is 15.1. The zero-order chi connectivity index (χ0) is 41.0. The minimum atomic E-state index is -0.121. The highest BCUT2D eigenvalue weighted by Crippen LogP contribution is 2.45. The van der Waals surface area contributed by atoms with E-state index in [1.165, 1.54) is 0 Å². The minimum absolute atomic E-state index is 0.121. The molecule has 0 atom stereocenters. The average Bonchev–Trinajstić information content (AvgIpc) is 3.25. The van der Waals surface area contributed by atoms with Gasteiger partial charge in [0.1, 0.15) is 0 Å². The fraction of sp³-hybridized carbons (Fsp3) is 0.148. The molecule has 2 aromatic heterocycles. The molecule has 0 spiro atoms. The van der Waals surface area contributed by atoms with Gasteiger partial charge < -0.3 is 15.1 Å². The Labute approximate surface area is 349 Å². The van der Waals surface area contributed by atoms with Crippen molar-refractivity contribution in [2.45, 2.75) is 52.4 Å². The third-order valence-corrected chi connectivity index (χ3v) is 10.4. The third kappa shape index (κ3) is 8.65. The summed E-state index contributed by atoms with van der Waals surface area (Å²) in [5.74, 6) is 0. The number of nitrogens with zero attached hydrogens (tertiary/aromatic N) is 4. The van der Waals surface area contributed by atoms with Crippen LogP contribution in [-0.2, 0) is 10.8 Å². The van der Waals surface area contributed by atoms with Gasteiger partial charge in [-0.25, -0.2) is 0 Å². The van der Waals surface area contributed by atoms with Crippen LogP contribution >= 0.6 is 0 Å². The van der Waals surface area contributed by atoms with Gasteiger partial charge in [-0.1, -0.05) is 145 Å². The Morgan fingerprint density at radius 3 is 1.03 bits per heavy atom. The topological polar surface area (TPSA) is 44.3 Å². The van der Waals surface area contributed by atoms with Gasteiger partial charge in [0.15, 0.2) is 0 Å². The van der Waals surface area contributed by atoms with Crippen LogP contribution in [0.2, 0.25) is 0 Å². The molecule has 6 aromatic carbocycles.